The molecule has 0 saturated carbocycles. The molecule has 3 heterocycles. The molecule has 0 aromatic heterocycles. The Kier molecular flexibility index (Phi) is 17.6. The molecule has 64 heavy (non-hydrogen) atoms. The van der Waals surface area contributed by atoms with Gasteiger partial charge in [-0.1, -0.05) is 54.1 Å². The summed E-state index contributed by atoms with van der Waals surface area (Å²) in [5, 5.41) is 22.6. The number of carbonyl (C=O) groups excluding carboxylic acids is 1. The molecule has 1 fully saturated rings. The number of rotatable bonds is 10. The predicted molar refractivity (Wildman–Crippen MR) is 253 cm³/mol. The SMILES string of the molecule is CC(C)(C)OC(=O)N1CC=C(B2OC(C)(C)C(C)(C)O2)CC1.Cc1cc([N+](=O)[O-])c(OC(C)C)cc1C1=CCN(Cc2ccccc2)CC1.Cc1cc([N+](=O)[O-])c(OC(C)C)cc1Cl. The Morgan fingerprint density at radius 3 is 1.83 bits per heavy atom. The first kappa shape index (κ1) is 51.7. The third-order valence-electron chi connectivity index (χ3n) is 11.0. The first-order valence-corrected chi connectivity index (χ1v) is 22.2. The Hall–Kier alpha value is -4.96. The van der Waals surface area contributed by atoms with Crippen LogP contribution in [0, 0.1) is 34.1 Å². The van der Waals surface area contributed by atoms with Crippen molar-refractivity contribution in [1.29, 1.82) is 0 Å². The maximum absolute atomic E-state index is 12.1. The minimum Gasteiger partial charge on any atom is -0.484 e. The van der Waals surface area contributed by atoms with Crippen LogP contribution in [0.2, 0.25) is 5.02 Å². The molecule has 0 atom stereocenters. The van der Waals surface area contributed by atoms with Crippen molar-refractivity contribution >= 4 is 41.8 Å². The molecular weight excluding hydrogens is 839 g/mol. The van der Waals surface area contributed by atoms with Crippen molar-refractivity contribution in [3.05, 3.63) is 120 Å². The third-order valence-corrected chi connectivity index (χ3v) is 11.4. The molecule has 1 saturated heterocycles. The largest absolute Gasteiger partial charge is 0.490 e. The van der Waals surface area contributed by atoms with E-state index in [2.05, 4.69) is 35.2 Å². The number of hydrogen-bond acceptors (Lipinski definition) is 11. The van der Waals surface area contributed by atoms with Crippen LogP contribution in [0.5, 0.6) is 11.5 Å². The molecule has 0 bridgehead atoms. The van der Waals surface area contributed by atoms with Gasteiger partial charge in [-0.25, -0.2) is 4.79 Å². The normalized spacial score (nSPS) is 17.1. The van der Waals surface area contributed by atoms with E-state index >= 15 is 0 Å². The van der Waals surface area contributed by atoms with Crippen molar-refractivity contribution in [1.82, 2.24) is 9.80 Å². The van der Waals surface area contributed by atoms with Crippen molar-refractivity contribution < 1.29 is 38.2 Å². The van der Waals surface area contributed by atoms with Crippen molar-refractivity contribution in [2.75, 3.05) is 26.2 Å². The van der Waals surface area contributed by atoms with Gasteiger partial charge in [0.05, 0.1) is 33.3 Å². The number of carbonyl (C=O) groups is 1. The number of nitro groups is 2. The molecule has 0 spiro atoms. The fourth-order valence-electron chi connectivity index (χ4n) is 6.98. The summed E-state index contributed by atoms with van der Waals surface area (Å²) in [6.45, 7) is 28.8. The zero-order valence-electron chi connectivity index (χ0n) is 39.8. The summed E-state index contributed by atoms with van der Waals surface area (Å²) < 4.78 is 28.5. The highest BCUT2D eigenvalue weighted by Gasteiger charge is 2.52. The lowest BCUT2D eigenvalue weighted by molar-refractivity contribution is -0.386. The lowest BCUT2D eigenvalue weighted by Crippen LogP contribution is -2.41. The quantitative estimate of drug-likeness (QED) is 0.108. The molecule has 3 aromatic rings. The van der Waals surface area contributed by atoms with Crippen LogP contribution in [0.25, 0.3) is 5.57 Å². The topological polar surface area (TPSA) is 156 Å². The molecule has 3 aliphatic heterocycles. The van der Waals surface area contributed by atoms with Crippen molar-refractivity contribution in [3.63, 3.8) is 0 Å². The second-order valence-electron chi connectivity index (χ2n) is 18.8. The Morgan fingerprint density at radius 1 is 0.812 bits per heavy atom. The van der Waals surface area contributed by atoms with Gasteiger partial charge in [0, 0.05) is 55.9 Å². The van der Waals surface area contributed by atoms with E-state index in [0.29, 0.717) is 29.4 Å². The van der Waals surface area contributed by atoms with Crippen molar-refractivity contribution in [2.45, 2.75) is 138 Å². The standard InChI is InChI=1S/C22H26N2O3.C16H28BNO4.C10H12ClNO3/c1-16(2)27-22-14-20(17(3)13-21(22)24(25)26)19-9-11-23(12-10-19)15-18-7-5-4-6-8-18;1-14(2,3)20-13(19)18-10-8-12(9-11-18)17-21-15(4,5)16(6,7)22-17;1-6(2)15-10-5-8(11)7(3)4-9(10)12(13)14/h4-9,13-14,16H,10-12,15H2,1-3H3;8H,9-11H2,1-7H3;4-6H,1-3H3. The minimum absolute atomic E-state index is 0.0343. The monoisotopic (exact) mass is 904 g/mol. The van der Waals surface area contributed by atoms with Crippen molar-refractivity contribution in [2.24, 2.45) is 0 Å². The van der Waals surface area contributed by atoms with E-state index in [4.69, 9.17) is 35.1 Å². The summed E-state index contributed by atoms with van der Waals surface area (Å²) in [6.07, 6.45) is 5.43. The summed E-state index contributed by atoms with van der Waals surface area (Å²) in [4.78, 5) is 37.4. The first-order valence-electron chi connectivity index (χ1n) is 21.8. The van der Waals surface area contributed by atoms with Crippen LogP contribution in [0.4, 0.5) is 16.2 Å². The van der Waals surface area contributed by atoms with Crippen molar-refractivity contribution in [3.8, 4) is 11.5 Å². The Bertz CT molecular complexity index is 2170. The van der Waals surface area contributed by atoms with E-state index in [1.807, 2.05) is 87.4 Å². The molecule has 0 unspecified atom stereocenters. The second kappa shape index (κ2) is 21.8. The van der Waals surface area contributed by atoms with E-state index < -0.39 is 10.5 Å². The molecule has 1 amide bonds. The number of amides is 1. The average Bonchev–Trinajstić information content (AvgIpc) is 3.42. The summed E-state index contributed by atoms with van der Waals surface area (Å²) in [5.41, 5.74) is 5.15. The lowest BCUT2D eigenvalue weighted by atomic mass is 9.75. The Balaban J connectivity index is 0.000000219. The van der Waals surface area contributed by atoms with E-state index in [-0.39, 0.29) is 58.7 Å². The molecule has 3 aromatic carbocycles. The van der Waals surface area contributed by atoms with Gasteiger partial charge in [-0.15, -0.1) is 0 Å². The fraction of sp³-hybridized carbons (Fsp3) is 0.521. The minimum atomic E-state index is -0.471. The van der Waals surface area contributed by atoms with Crippen LogP contribution in [0.3, 0.4) is 0 Å². The molecule has 6 rings (SSSR count). The van der Waals surface area contributed by atoms with Gasteiger partial charge in [-0.05, 0) is 142 Å². The molecule has 3 aliphatic rings. The zero-order valence-corrected chi connectivity index (χ0v) is 40.5. The van der Waals surface area contributed by atoms with Gasteiger partial charge in [0.15, 0.2) is 11.5 Å². The van der Waals surface area contributed by atoms with Crippen LogP contribution in [-0.2, 0) is 20.6 Å². The Labute approximate surface area is 384 Å². The van der Waals surface area contributed by atoms with Crippen LogP contribution < -0.4 is 9.47 Å². The smallest absolute Gasteiger partial charge is 0.484 e. The van der Waals surface area contributed by atoms with Gasteiger partial charge in [0.2, 0.25) is 0 Å². The molecular formula is C48H66BClN4O10. The van der Waals surface area contributed by atoms with Crippen LogP contribution in [-0.4, -0.2) is 88.0 Å². The summed E-state index contributed by atoms with van der Waals surface area (Å²) in [5.74, 6) is 0.564. The van der Waals surface area contributed by atoms with Gasteiger partial charge in [0.25, 0.3) is 0 Å². The second-order valence-corrected chi connectivity index (χ2v) is 19.2. The molecule has 348 valence electrons. The van der Waals surface area contributed by atoms with Crippen LogP contribution in [0.15, 0.2) is 72.2 Å². The number of halogens is 1. The highest BCUT2D eigenvalue weighted by molar-refractivity contribution is 6.54. The molecule has 16 heteroatoms. The maximum Gasteiger partial charge on any atom is 0.490 e. The summed E-state index contributed by atoms with van der Waals surface area (Å²) in [7, 11) is -0.314. The lowest BCUT2D eigenvalue weighted by Gasteiger charge is -2.32. The molecule has 0 aliphatic carbocycles. The van der Waals surface area contributed by atoms with Gasteiger partial charge < -0.3 is 28.4 Å². The first-order chi connectivity index (χ1) is 29.8. The van der Waals surface area contributed by atoms with E-state index in [1.54, 1.807) is 31.7 Å². The number of benzene rings is 3. The van der Waals surface area contributed by atoms with E-state index in [9.17, 15) is 25.0 Å². The molecule has 0 radical (unpaired) electrons. The fourth-order valence-corrected chi connectivity index (χ4v) is 7.13. The van der Waals surface area contributed by atoms with E-state index in [0.717, 1.165) is 49.1 Å². The maximum atomic E-state index is 12.1. The van der Waals surface area contributed by atoms with Gasteiger partial charge in [0.1, 0.15) is 5.60 Å². The summed E-state index contributed by atoms with van der Waals surface area (Å²) in [6, 6.07) is 16.8. The van der Waals surface area contributed by atoms with Crippen LogP contribution in [0.1, 0.15) is 111 Å². The zero-order chi connectivity index (χ0) is 47.7. The van der Waals surface area contributed by atoms with Gasteiger partial charge in [-0.2, -0.15) is 0 Å². The van der Waals surface area contributed by atoms with E-state index in [1.165, 1.54) is 23.3 Å². The highest BCUT2D eigenvalue weighted by Crippen LogP contribution is 2.40. The number of hydrogen-bond donors (Lipinski definition) is 0. The third kappa shape index (κ3) is 14.5. The number of nitro benzene ring substituents is 2. The van der Waals surface area contributed by atoms with Gasteiger partial charge >= 0.3 is 24.6 Å². The molecule has 0 N–H and O–H groups in total. The number of aryl methyl sites for hydroxylation is 2. The van der Waals surface area contributed by atoms with Crippen LogP contribution >= 0.6 is 11.6 Å². The number of nitrogens with zero attached hydrogens (tertiary/aromatic N) is 4. The average molecular weight is 905 g/mol. The Morgan fingerprint density at radius 2 is 1.36 bits per heavy atom. The highest BCUT2D eigenvalue weighted by atomic mass is 35.5. The summed E-state index contributed by atoms with van der Waals surface area (Å²) >= 11 is 5.87. The van der Waals surface area contributed by atoms with Gasteiger partial charge in [-0.3, -0.25) is 25.1 Å². The predicted octanol–water partition coefficient (Wildman–Crippen LogP) is 11.5. The number of ether oxygens (including phenoxy) is 3. The molecule has 14 nitrogen and oxygen atoms in total.